The molecular formula is C23H27BrCl2N2O3. The molecule has 2 aromatic carbocycles. The first-order chi connectivity index (χ1) is 14.5. The first-order valence-electron chi connectivity index (χ1n) is 9.93. The van der Waals surface area contributed by atoms with E-state index in [0.717, 1.165) is 21.2 Å². The zero-order valence-electron chi connectivity index (χ0n) is 18.3. The van der Waals surface area contributed by atoms with Crippen molar-refractivity contribution in [2.24, 2.45) is 0 Å². The summed E-state index contributed by atoms with van der Waals surface area (Å²) in [5, 5.41) is 3.67. The predicted octanol–water partition coefficient (Wildman–Crippen LogP) is 5.69. The summed E-state index contributed by atoms with van der Waals surface area (Å²) in [6.45, 7) is 9.36. The average Bonchev–Trinajstić information content (AvgIpc) is 2.69. The molecule has 2 aromatic rings. The van der Waals surface area contributed by atoms with Crippen LogP contribution in [0.15, 0.2) is 34.8 Å². The van der Waals surface area contributed by atoms with E-state index in [1.807, 2.05) is 39.8 Å². The Morgan fingerprint density at radius 2 is 1.68 bits per heavy atom. The quantitative estimate of drug-likeness (QED) is 0.477. The van der Waals surface area contributed by atoms with Gasteiger partial charge in [0.25, 0.3) is 5.91 Å². The summed E-state index contributed by atoms with van der Waals surface area (Å²) in [6, 6.07) is 8.14. The van der Waals surface area contributed by atoms with Crippen molar-refractivity contribution in [1.29, 1.82) is 0 Å². The Bertz CT molecular complexity index is 943. The number of hydrogen-bond acceptors (Lipinski definition) is 3. The number of nitrogens with one attached hydrogen (secondary N) is 1. The topological polar surface area (TPSA) is 58.6 Å². The fourth-order valence-electron chi connectivity index (χ4n) is 3.04. The summed E-state index contributed by atoms with van der Waals surface area (Å²) in [4.78, 5) is 27.2. The van der Waals surface area contributed by atoms with E-state index in [1.165, 1.54) is 4.90 Å². The minimum atomic E-state index is -0.693. The molecule has 8 heteroatoms. The predicted molar refractivity (Wildman–Crippen MR) is 129 cm³/mol. The number of ether oxygens (including phenoxy) is 1. The third kappa shape index (κ3) is 7.13. The van der Waals surface area contributed by atoms with Crippen molar-refractivity contribution < 1.29 is 14.3 Å². The molecule has 0 saturated heterocycles. The molecule has 1 unspecified atom stereocenters. The van der Waals surface area contributed by atoms with Gasteiger partial charge in [0, 0.05) is 17.1 Å². The highest BCUT2D eigenvalue weighted by Gasteiger charge is 2.27. The lowest BCUT2D eigenvalue weighted by atomic mass is 10.1. The zero-order chi connectivity index (χ0) is 23.3. The maximum absolute atomic E-state index is 13.1. The maximum Gasteiger partial charge on any atom is 0.261 e. The second-order valence-electron chi connectivity index (χ2n) is 7.77. The lowest BCUT2D eigenvalue weighted by Gasteiger charge is -2.29. The number of rotatable bonds is 8. The van der Waals surface area contributed by atoms with Crippen LogP contribution in [0.2, 0.25) is 10.0 Å². The maximum atomic E-state index is 13.1. The molecule has 0 aliphatic heterocycles. The highest BCUT2D eigenvalue weighted by molar-refractivity contribution is 9.10. The molecule has 0 spiro atoms. The molecule has 31 heavy (non-hydrogen) atoms. The number of carbonyl (C=O) groups is 2. The van der Waals surface area contributed by atoms with Gasteiger partial charge < -0.3 is 15.0 Å². The van der Waals surface area contributed by atoms with Crippen LogP contribution in [0.25, 0.3) is 0 Å². The summed E-state index contributed by atoms with van der Waals surface area (Å²) in [7, 11) is 0. The van der Waals surface area contributed by atoms with Gasteiger partial charge >= 0.3 is 0 Å². The van der Waals surface area contributed by atoms with Crippen LogP contribution in [0.3, 0.4) is 0 Å². The zero-order valence-corrected chi connectivity index (χ0v) is 21.4. The molecule has 1 atom stereocenters. The van der Waals surface area contributed by atoms with Crippen molar-refractivity contribution in [2.45, 2.75) is 53.2 Å². The smallest absolute Gasteiger partial charge is 0.261 e. The normalized spacial score (nSPS) is 11.9. The molecule has 0 heterocycles. The fraction of sp³-hybridized carbons (Fsp3) is 0.391. The summed E-state index contributed by atoms with van der Waals surface area (Å²) >= 11 is 15.7. The van der Waals surface area contributed by atoms with E-state index in [4.69, 9.17) is 27.9 Å². The van der Waals surface area contributed by atoms with E-state index >= 15 is 0 Å². The van der Waals surface area contributed by atoms with Gasteiger partial charge in [0.15, 0.2) is 6.61 Å². The van der Waals surface area contributed by atoms with Crippen LogP contribution in [-0.2, 0) is 16.1 Å². The van der Waals surface area contributed by atoms with Crippen molar-refractivity contribution >= 4 is 50.9 Å². The number of halogens is 3. The van der Waals surface area contributed by atoms with Gasteiger partial charge in [0.1, 0.15) is 11.8 Å². The number of aryl methyl sites for hydroxylation is 2. The Hall–Kier alpha value is -1.76. The lowest BCUT2D eigenvalue weighted by Crippen LogP contribution is -2.50. The highest BCUT2D eigenvalue weighted by Crippen LogP contribution is 2.27. The van der Waals surface area contributed by atoms with Crippen molar-refractivity contribution in [2.75, 3.05) is 6.61 Å². The van der Waals surface area contributed by atoms with Crippen molar-refractivity contribution in [3.63, 3.8) is 0 Å². The van der Waals surface area contributed by atoms with Gasteiger partial charge in [-0.25, -0.2) is 0 Å². The van der Waals surface area contributed by atoms with Gasteiger partial charge in [0.05, 0.1) is 10.0 Å². The highest BCUT2D eigenvalue weighted by atomic mass is 79.9. The summed E-state index contributed by atoms with van der Waals surface area (Å²) in [6.07, 6.45) is 0. The summed E-state index contributed by atoms with van der Waals surface area (Å²) < 4.78 is 6.77. The number of carbonyl (C=O) groups excluding carboxylic acids is 2. The Labute approximate surface area is 202 Å². The second kappa shape index (κ2) is 11.2. The van der Waals surface area contributed by atoms with E-state index in [0.29, 0.717) is 15.8 Å². The minimum Gasteiger partial charge on any atom is -0.484 e. The monoisotopic (exact) mass is 528 g/mol. The first kappa shape index (κ1) is 25.5. The van der Waals surface area contributed by atoms with Gasteiger partial charge in [-0.1, -0.05) is 45.2 Å². The summed E-state index contributed by atoms with van der Waals surface area (Å²) in [5.74, 6) is 0.0507. The van der Waals surface area contributed by atoms with E-state index < -0.39 is 6.04 Å². The van der Waals surface area contributed by atoms with Crippen LogP contribution < -0.4 is 10.1 Å². The van der Waals surface area contributed by atoms with Gasteiger partial charge in [-0.05, 0) is 75.6 Å². The minimum absolute atomic E-state index is 0.0400. The average molecular weight is 530 g/mol. The second-order valence-corrected chi connectivity index (χ2v) is 9.38. The molecule has 2 amide bonds. The molecule has 0 radical (unpaired) electrons. The van der Waals surface area contributed by atoms with Crippen LogP contribution in [0.5, 0.6) is 5.75 Å². The van der Waals surface area contributed by atoms with Crippen LogP contribution >= 0.6 is 39.1 Å². The standard InChI is InChI=1S/C23H27BrCl2N2O3/c1-13(2)27-23(30)16(5)28(11-17-6-7-19(25)20(26)10-17)21(29)12-31-18-8-14(3)22(24)15(4)9-18/h6-10,13,16H,11-12H2,1-5H3,(H,27,30). The lowest BCUT2D eigenvalue weighted by molar-refractivity contribution is -0.142. The third-order valence-electron chi connectivity index (χ3n) is 4.71. The van der Waals surface area contributed by atoms with Gasteiger partial charge in [-0.2, -0.15) is 0 Å². The molecule has 2 rings (SSSR count). The molecule has 5 nitrogen and oxygen atoms in total. The van der Waals surface area contributed by atoms with Crippen LogP contribution in [-0.4, -0.2) is 35.4 Å². The summed E-state index contributed by atoms with van der Waals surface area (Å²) in [5.41, 5.74) is 2.79. The molecular weight excluding hydrogens is 503 g/mol. The Morgan fingerprint density at radius 3 is 2.23 bits per heavy atom. The SMILES string of the molecule is Cc1cc(OCC(=O)N(Cc2ccc(Cl)c(Cl)c2)C(C)C(=O)NC(C)C)cc(C)c1Br. The number of hydrogen-bond donors (Lipinski definition) is 1. The number of benzene rings is 2. The molecule has 0 bridgehead atoms. The van der Waals surface area contributed by atoms with E-state index in [1.54, 1.807) is 25.1 Å². The van der Waals surface area contributed by atoms with Gasteiger partial charge in [-0.3, -0.25) is 9.59 Å². The molecule has 0 saturated carbocycles. The molecule has 0 fully saturated rings. The Balaban J connectivity index is 2.22. The molecule has 1 N–H and O–H groups in total. The Kier molecular flexibility index (Phi) is 9.22. The van der Waals surface area contributed by atoms with Crippen LogP contribution in [0, 0.1) is 13.8 Å². The largest absolute Gasteiger partial charge is 0.484 e. The van der Waals surface area contributed by atoms with Crippen LogP contribution in [0.4, 0.5) is 0 Å². The number of amides is 2. The Morgan fingerprint density at radius 1 is 1.06 bits per heavy atom. The van der Waals surface area contributed by atoms with E-state index in [-0.39, 0.29) is 31.0 Å². The van der Waals surface area contributed by atoms with E-state index in [2.05, 4.69) is 21.2 Å². The fourth-order valence-corrected chi connectivity index (χ4v) is 3.59. The number of nitrogens with zero attached hydrogens (tertiary/aromatic N) is 1. The molecule has 168 valence electrons. The van der Waals surface area contributed by atoms with Crippen molar-refractivity contribution in [3.8, 4) is 5.75 Å². The molecule has 0 aliphatic carbocycles. The van der Waals surface area contributed by atoms with Crippen LogP contribution in [0.1, 0.15) is 37.5 Å². The molecule has 0 aromatic heterocycles. The first-order valence-corrected chi connectivity index (χ1v) is 11.5. The molecule has 0 aliphatic rings. The van der Waals surface area contributed by atoms with Crippen molar-refractivity contribution in [1.82, 2.24) is 10.2 Å². The van der Waals surface area contributed by atoms with Crippen molar-refractivity contribution in [3.05, 3.63) is 61.5 Å². The van der Waals surface area contributed by atoms with Gasteiger partial charge in [0.2, 0.25) is 5.91 Å². The van der Waals surface area contributed by atoms with Gasteiger partial charge in [-0.15, -0.1) is 0 Å². The van der Waals surface area contributed by atoms with E-state index in [9.17, 15) is 9.59 Å². The third-order valence-corrected chi connectivity index (χ3v) is 6.70.